The number of benzene rings is 1. The number of nitrogens with zero attached hydrogens (tertiary/aromatic N) is 4. The molecule has 1 N–H and O–H groups in total. The average Bonchev–Trinajstić information content (AvgIpc) is 3.23. The second-order valence-corrected chi connectivity index (χ2v) is 8.06. The number of aromatic nitrogens is 1. The van der Waals surface area contributed by atoms with Crippen molar-refractivity contribution >= 4 is 23.9 Å². The van der Waals surface area contributed by atoms with Gasteiger partial charge < -0.3 is 14.2 Å². The van der Waals surface area contributed by atoms with E-state index >= 15 is 0 Å². The first-order valence-electron chi connectivity index (χ1n) is 10.9. The van der Waals surface area contributed by atoms with Gasteiger partial charge in [-0.25, -0.2) is 5.43 Å². The van der Waals surface area contributed by atoms with Crippen LogP contribution in [0.5, 0.6) is 0 Å². The fraction of sp³-hybridized carbons (Fsp3) is 0.292. The first-order chi connectivity index (χ1) is 16.4. The second kappa shape index (κ2) is 10.3. The number of hydrogen-bond donors (Lipinski definition) is 1. The van der Waals surface area contributed by atoms with Crippen molar-refractivity contribution in [2.75, 3.05) is 26.3 Å². The predicted octanol–water partition coefficient (Wildman–Crippen LogP) is 2.47. The van der Waals surface area contributed by atoms with E-state index in [1.165, 1.54) is 29.0 Å². The number of amides is 1. The molecule has 1 saturated heterocycles. The Bertz CT molecular complexity index is 1250. The molecule has 10 nitrogen and oxygen atoms in total. The van der Waals surface area contributed by atoms with Gasteiger partial charge in [0.1, 0.15) is 0 Å². The summed E-state index contributed by atoms with van der Waals surface area (Å²) in [5.41, 5.74) is 6.52. The number of nitrogens with one attached hydrogen (secondary N) is 1. The molecule has 0 bridgehead atoms. The molecule has 34 heavy (non-hydrogen) atoms. The first-order valence-corrected chi connectivity index (χ1v) is 10.9. The molecule has 0 saturated carbocycles. The van der Waals surface area contributed by atoms with Crippen molar-refractivity contribution in [1.29, 1.82) is 0 Å². The van der Waals surface area contributed by atoms with Crippen LogP contribution in [0.25, 0.3) is 6.08 Å². The number of aryl methyl sites for hydroxylation is 1. The number of pyridine rings is 1. The molecule has 1 aromatic heterocycles. The molecule has 2 aliphatic rings. The van der Waals surface area contributed by atoms with Crippen LogP contribution in [0, 0.1) is 10.1 Å². The second-order valence-electron chi connectivity index (χ2n) is 8.06. The maximum Gasteiger partial charge on any atom is 0.272 e. The van der Waals surface area contributed by atoms with E-state index in [1.807, 2.05) is 12.1 Å². The van der Waals surface area contributed by atoms with Crippen LogP contribution in [0.2, 0.25) is 0 Å². The number of non-ortho nitro benzene ring substituents is 1. The van der Waals surface area contributed by atoms with E-state index < -0.39 is 10.8 Å². The van der Waals surface area contributed by atoms with Gasteiger partial charge in [0.15, 0.2) is 0 Å². The molecule has 0 spiro atoms. The Kier molecular flexibility index (Phi) is 6.98. The maximum absolute atomic E-state index is 12.4. The van der Waals surface area contributed by atoms with Crippen LogP contribution in [-0.4, -0.2) is 52.8 Å². The summed E-state index contributed by atoms with van der Waals surface area (Å²) >= 11 is 0. The molecule has 1 aliphatic carbocycles. The van der Waals surface area contributed by atoms with Crippen molar-refractivity contribution < 1.29 is 14.5 Å². The summed E-state index contributed by atoms with van der Waals surface area (Å²) in [5, 5.41) is 15.3. The van der Waals surface area contributed by atoms with E-state index in [0.29, 0.717) is 18.8 Å². The molecule has 1 aliphatic heterocycles. The molecular weight excluding hydrogens is 438 g/mol. The van der Waals surface area contributed by atoms with Crippen molar-refractivity contribution in [2.45, 2.75) is 12.8 Å². The largest absolute Gasteiger partial charge is 0.378 e. The number of nitro groups is 1. The lowest BCUT2D eigenvalue weighted by molar-refractivity contribution is -0.384. The van der Waals surface area contributed by atoms with Crippen LogP contribution in [-0.2, 0) is 11.8 Å². The molecule has 10 heteroatoms. The average molecular weight is 463 g/mol. The zero-order chi connectivity index (χ0) is 24.1. The van der Waals surface area contributed by atoms with E-state index in [9.17, 15) is 19.7 Å². The Hall–Kier alpha value is -4.05. The van der Waals surface area contributed by atoms with Crippen molar-refractivity contribution in [1.82, 2.24) is 14.9 Å². The van der Waals surface area contributed by atoms with Gasteiger partial charge in [0, 0.05) is 50.2 Å². The van der Waals surface area contributed by atoms with Crippen molar-refractivity contribution in [3.05, 3.63) is 91.0 Å². The lowest BCUT2D eigenvalue weighted by Gasteiger charge is -2.31. The van der Waals surface area contributed by atoms with Crippen molar-refractivity contribution in [3.8, 4) is 0 Å². The van der Waals surface area contributed by atoms with E-state index in [2.05, 4.69) is 15.4 Å². The summed E-state index contributed by atoms with van der Waals surface area (Å²) in [6, 6.07) is 9.34. The number of allylic oxidation sites excluding steroid dienone is 2. The van der Waals surface area contributed by atoms with Gasteiger partial charge in [-0.05, 0) is 41.7 Å². The summed E-state index contributed by atoms with van der Waals surface area (Å²) in [6.45, 7) is 2.68. The smallest absolute Gasteiger partial charge is 0.272 e. The summed E-state index contributed by atoms with van der Waals surface area (Å²) < 4.78 is 6.83. The van der Waals surface area contributed by atoms with Crippen LogP contribution in [0.1, 0.15) is 28.8 Å². The highest BCUT2D eigenvalue weighted by Gasteiger charge is 2.25. The first kappa shape index (κ1) is 23.1. The number of morpholine rings is 1. The Morgan fingerprint density at radius 1 is 1.21 bits per heavy atom. The third-order valence-corrected chi connectivity index (χ3v) is 5.76. The van der Waals surface area contributed by atoms with Crippen LogP contribution in [0.4, 0.5) is 5.69 Å². The summed E-state index contributed by atoms with van der Waals surface area (Å²) in [4.78, 5) is 36.9. The molecule has 4 rings (SSSR count). The minimum absolute atomic E-state index is 0.0483. The van der Waals surface area contributed by atoms with Crippen LogP contribution >= 0.6 is 0 Å². The molecule has 1 fully saturated rings. The molecule has 1 aromatic carbocycles. The maximum atomic E-state index is 12.4. The topological polar surface area (TPSA) is 119 Å². The minimum Gasteiger partial charge on any atom is -0.378 e. The number of nitro benzene ring substituents is 1. The molecule has 176 valence electrons. The highest BCUT2D eigenvalue weighted by molar-refractivity contribution is 5.94. The van der Waals surface area contributed by atoms with Crippen molar-refractivity contribution in [2.24, 2.45) is 12.1 Å². The van der Waals surface area contributed by atoms with Gasteiger partial charge in [-0.15, -0.1) is 0 Å². The quantitative estimate of drug-likeness (QED) is 0.399. The number of rotatable bonds is 6. The Morgan fingerprint density at radius 3 is 2.74 bits per heavy atom. The lowest BCUT2D eigenvalue weighted by Crippen LogP contribution is -2.36. The number of hydrazone groups is 1. The Labute approximate surface area is 196 Å². The van der Waals surface area contributed by atoms with E-state index in [0.717, 1.165) is 48.3 Å². The standard InChI is InChI=1S/C24H25N5O5/c1-27-16-20(7-8-22(27)30)24(31)26-25-15-19-6-5-18(23(19)28-9-11-34-12-10-28)13-17-3-2-4-21(14-17)29(32)33/h2-4,7-8,13-16H,5-6,9-12H2,1H3,(H,26,31)/b18-13-,25-15-. The monoisotopic (exact) mass is 463 g/mol. The molecule has 0 atom stereocenters. The molecule has 0 unspecified atom stereocenters. The number of ether oxygens (including phenoxy) is 1. The van der Waals surface area contributed by atoms with Crippen LogP contribution < -0.4 is 11.0 Å². The fourth-order valence-electron chi connectivity index (χ4n) is 4.06. The van der Waals surface area contributed by atoms with Gasteiger partial charge in [-0.2, -0.15) is 5.10 Å². The highest BCUT2D eigenvalue weighted by atomic mass is 16.6. The van der Waals surface area contributed by atoms with Gasteiger partial charge in [0.2, 0.25) is 5.56 Å². The minimum atomic E-state index is -0.411. The molecule has 2 heterocycles. The summed E-state index contributed by atoms with van der Waals surface area (Å²) in [7, 11) is 1.58. The lowest BCUT2D eigenvalue weighted by atomic mass is 10.1. The van der Waals surface area contributed by atoms with Gasteiger partial charge in [0.25, 0.3) is 11.6 Å². The summed E-state index contributed by atoms with van der Waals surface area (Å²) in [6.07, 6.45) is 6.57. The molecular formula is C24H25N5O5. The molecule has 1 amide bonds. The Balaban J connectivity index is 1.59. The SMILES string of the molecule is Cn1cc(C(=O)N/N=C\C2=C(N3CCOCC3)C(=C\c3cccc([N+](=O)[O-])c3)/CC2)ccc1=O. The number of carbonyl (C=O) groups excluding carboxylic acids is 1. The van der Waals surface area contributed by atoms with Crippen molar-refractivity contribution in [3.63, 3.8) is 0 Å². The molecule has 2 aromatic rings. The van der Waals surface area contributed by atoms with E-state index in [1.54, 1.807) is 25.4 Å². The van der Waals surface area contributed by atoms with Crippen LogP contribution in [0.3, 0.4) is 0 Å². The van der Waals surface area contributed by atoms with Gasteiger partial charge in [-0.3, -0.25) is 19.7 Å². The van der Waals surface area contributed by atoms with Gasteiger partial charge >= 0.3 is 0 Å². The fourth-order valence-corrected chi connectivity index (χ4v) is 4.06. The summed E-state index contributed by atoms with van der Waals surface area (Å²) in [5.74, 6) is -0.411. The number of hydrogen-bond acceptors (Lipinski definition) is 7. The van der Waals surface area contributed by atoms with Gasteiger partial charge in [0.05, 0.1) is 29.9 Å². The van der Waals surface area contributed by atoms with E-state index in [-0.39, 0.29) is 11.2 Å². The Morgan fingerprint density at radius 2 is 2.00 bits per heavy atom. The van der Waals surface area contributed by atoms with Crippen LogP contribution in [0.15, 0.2) is 69.3 Å². The van der Waals surface area contributed by atoms with Gasteiger partial charge in [-0.1, -0.05) is 12.1 Å². The molecule has 0 radical (unpaired) electrons. The third kappa shape index (κ3) is 5.29. The normalized spacial score (nSPS) is 17.6. The third-order valence-electron chi connectivity index (χ3n) is 5.76. The zero-order valence-corrected chi connectivity index (χ0v) is 18.8. The number of carbonyl (C=O) groups is 1. The predicted molar refractivity (Wildman–Crippen MR) is 127 cm³/mol. The highest BCUT2D eigenvalue weighted by Crippen LogP contribution is 2.35. The zero-order valence-electron chi connectivity index (χ0n) is 18.8. The van der Waals surface area contributed by atoms with E-state index in [4.69, 9.17) is 4.74 Å².